The van der Waals surface area contributed by atoms with Crippen LogP contribution >= 0.6 is 11.8 Å². The highest BCUT2D eigenvalue weighted by Crippen LogP contribution is 2.19. The Hall–Kier alpha value is -1.49. The Morgan fingerprint density at radius 1 is 1.14 bits per heavy atom. The molecule has 1 aromatic rings. The third-order valence-corrected chi connectivity index (χ3v) is 4.27. The van der Waals surface area contributed by atoms with Crippen molar-refractivity contribution in [3.8, 4) is 0 Å². The molecule has 0 radical (unpaired) electrons. The number of carboxylic acids is 1. The van der Waals surface area contributed by atoms with Crippen molar-refractivity contribution >= 4 is 23.6 Å². The number of hydrogen-bond donors (Lipinski definition) is 2. The van der Waals surface area contributed by atoms with Crippen molar-refractivity contribution in [2.24, 2.45) is 0 Å². The van der Waals surface area contributed by atoms with Crippen LogP contribution in [0, 0.1) is 6.92 Å². The highest BCUT2D eigenvalue weighted by Gasteiger charge is 2.09. The van der Waals surface area contributed by atoms with Gasteiger partial charge in [0.25, 0.3) is 5.91 Å². The maximum absolute atomic E-state index is 12.2. The number of aryl methyl sites for hydroxylation is 1. The van der Waals surface area contributed by atoms with Gasteiger partial charge in [-0.3, -0.25) is 9.59 Å². The monoisotopic (exact) mass is 323 g/mol. The molecule has 0 heterocycles. The van der Waals surface area contributed by atoms with E-state index in [-0.39, 0.29) is 12.3 Å². The fourth-order valence-electron chi connectivity index (χ4n) is 2.20. The van der Waals surface area contributed by atoms with Crippen molar-refractivity contribution in [3.05, 3.63) is 29.3 Å². The molecule has 0 atom stereocenters. The molecule has 0 saturated heterocycles. The van der Waals surface area contributed by atoms with Crippen LogP contribution < -0.4 is 5.32 Å². The zero-order valence-corrected chi connectivity index (χ0v) is 14.2. The third kappa shape index (κ3) is 6.98. The molecule has 0 bridgehead atoms. The predicted molar refractivity (Wildman–Crippen MR) is 90.6 cm³/mol. The highest BCUT2D eigenvalue weighted by atomic mass is 32.2. The van der Waals surface area contributed by atoms with Gasteiger partial charge in [0.1, 0.15) is 0 Å². The smallest absolute Gasteiger partial charge is 0.303 e. The minimum atomic E-state index is -0.727. The third-order valence-electron chi connectivity index (χ3n) is 3.54. The standard InChI is InChI=1S/C17H25NO3S/c1-13-9-10-14(22-2)12-15(13)17(21)18-11-7-5-3-4-6-8-16(19)20/h9-10,12H,3-8,11H2,1-2H3,(H,18,21)(H,19,20). The lowest BCUT2D eigenvalue weighted by Gasteiger charge is -2.09. The number of carbonyl (C=O) groups is 2. The zero-order valence-electron chi connectivity index (χ0n) is 13.4. The topological polar surface area (TPSA) is 66.4 Å². The molecule has 22 heavy (non-hydrogen) atoms. The van der Waals surface area contributed by atoms with E-state index in [4.69, 9.17) is 5.11 Å². The van der Waals surface area contributed by atoms with Crippen LogP contribution in [-0.4, -0.2) is 29.8 Å². The van der Waals surface area contributed by atoms with Gasteiger partial charge in [0, 0.05) is 23.4 Å². The average molecular weight is 323 g/mol. The number of amides is 1. The lowest BCUT2D eigenvalue weighted by molar-refractivity contribution is -0.137. The molecule has 0 aliphatic carbocycles. The number of thioether (sulfide) groups is 1. The number of carbonyl (C=O) groups excluding carboxylic acids is 1. The molecule has 4 nitrogen and oxygen atoms in total. The molecule has 1 amide bonds. The second-order valence-electron chi connectivity index (χ2n) is 5.35. The zero-order chi connectivity index (χ0) is 16.4. The first-order valence-corrected chi connectivity index (χ1v) is 8.91. The van der Waals surface area contributed by atoms with Gasteiger partial charge in [-0.25, -0.2) is 0 Å². The Morgan fingerprint density at radius 2 is 1.82 bits per heavy atom. The van der Waals surface area contributed by atoms with Crippen LogP contribution in [0.2, 0.25) is 0 Å². The van der Waals surface area contributed by atoms with Crippen LogP contribution in [0.3, 0.4) is 0 Å². The molecule has 0 aliphatic heterocycles. The van der Waals surface area contributed by atoms with E-state index in [1.165, 1.54) is 0 Å². The minimum Gasteiger partial charge on any atom is -0.481 e. The van der Waals surface area contributed by atoms with Gasteiger partial charge in [0.05, 0.1) is 0 Å². The molecule has 0 saturated carbocycles. The van der Waals surface area contributed by atoms with E-state index in [2.05, 4.69) is 5.32 Å². The van der Waals surface area contributed by atoms with Gasteiger partial charge in [-0.15, -0.1) is 11.8 Å². The first-order chi connectivity index (χ1) is 10.5. The normalized spacial score (nSPS) is 10.5. The van der Waals surface area contributed by atoms with Crippen LogP contribution in [0.25, 0.3) is 0 Å². The van der Waals surface area contributed by atoms with Crippen molar-refractivity contribution in [1.82, 2.24) is 5.32 Å². The maximum Gasteiger partial charge on any atom is 0.303 e. The number of benzene rings is 1. The Morgan fingerprint density at radius 3 is 2.50 bits per heavy atom. The number of hydrogen-bond acceptors (Lipinski definition) is 3. The summed E-state index contributed by atoms with van der Waals surface area (Å²) in [5.41, 5.74) is 1.73. The Bertz CT molecular complexity index is 503. The van der Waals surface area contributed by atoms with Crippen molar-refractivity contribution < 1.29 is 14.7 Å². The fourth-order valence-corrected chi connectivity index (χ4v) is 2.64. The van der Waals surface area contributed by atoms with E-state index in [9.17, 15) is 9.59 Å². The summed E-state index contributed by atoms with van der Waals surface area (Å²) in [6.07, 6.45) is 6.89. The summed E-state index contributed by atoms with van der Waals surface area (Å²) in [5, 5.41) is 11.5. The summed E-state index contributed by atoms with van der Waals surface area (Å²) in [5.74, 6) is -0.741. The van der Waals surface area contributed by atoms with Crippen LogP contribution in [0.15, 0.2) is 23.1 Å². The molecule has 0 spiro atoms. The predicted octanol–water partition coefficient (Wildman–Crippen LogP) is 3.87. The summed E-state index contributed by atoms with van der Waals surface area (Å²) < 4.78 is 0. The molecule has 1 aromatic carbocycles. The van der Waals surface area contributed by atoms with Crippen molar-refractivity contribution in [2.75, 3.05) is 12.8 Å². The van der Waals surface area contributed by atoms with Gasteiger partial charge in [-0.2, -0.15) is 0 Å². The molecule has 2 N–H and O–H groups in total. The Labute approximate surface area is 136 Å². The molecule has 122 valence electrons. The molecule has 0 unspecified atom stereocenters. The summed E-state index contributed by atoms with van der Waals surface area (Å²) in [6, 6.07) is 5.93. The number of aliphatic carboxylic acids is 1. The number of rotatable bonds is 10. The Balaban J connectivity index is 2.22. The van der Waals surface area contributed by atoms with E-state index in [1.54, 1.807) is 11.8 Å². The van der Waals surface area contributed by atoms with Crippen molar-refractivity contribution in [3.63, 3.8) is 0 Å². The van der Waals surface area contributed by atoms with Crippen molar-refractivity contribution in [1.29, 1.82) is 0 Å². The lowest BCUT2D eigenvalue weighted by atomic mass is 10.1. The van der Waals surface area contributed by atoms with Gasteiger partial charge >= 0.3 is 5.97 Å². The maximum atomic E-state index is 12.2. The van der Waals surface area contributed by atoms with Crippen molar-refractivity contribution in [2.45, 2.75) is 50.3 Å². The van der Waals surface area contributed by atoms with E-state index >= 15 is 0 Å². The first-order valence-electron chi connectivity index (χ1n) is 7.69. The largest absolute Gasteiger partial charge is 0.481 e. The summed E-state index contributed by atoms with van der Waals surface area (Å²) in [4.78, 5) is 23.6. The first kappa shape index (κ1) is 18.6. The molecule has 0 aliphatic rings. The molecular formula is C17H25NO3S. The van der Waals surface area contributed by atoms with Gasteiger partial charge in [-0.1, -0.05) is 25.3 Å². The van der Waals surface area contributed by atoms with E-state index in [0.717, 1.165) is 48.1 Å². The summed E-state index contributed by atoms with van der Waals surface area (Å²) in [6.45, 7) is 2.61. The van der Waals surface area contributed by atoms with Crippen LogP contribution in [0.1, 0.15) is 54.4 Å². The SMILES string of the molecule is CSc1ccc(C)c(C(=O)NCCCCCCCC(=O)O)c1. The molecular weight excluding hydrogens is 298 g/mol. The van der Waals surface area contributed by atoms with Gasteiger partial charge in [0.15, 0.2) is 0 Å². The molecule has 0 aromatic heterocycles. The van der Waals surface area contributed by atoms with Crippen LogP contribution in [0.5, 0.6) is 0 Å². The number of unbranched alkanes of at least 4 members (excludes halogenated alkanes) is 4. The van der Waals surface area contributed by atoms with Gasteiger partial charge < -0.3 is 10.4 Å². The van der Waals surface area contributed by atoms with Crippen LogP contribution in [-0.2, 0) is 4.79 Å². The number of nitrogens with one attached hydrogen (secondary N) is 1. The summed E-state index contributed by atoms with van der Waals surface area (Å²) in [7, 11) is 0. The van der Waals surface area contributed by atoms with E-state index < -0.39 is 5.97 Å². The lowest BCUT2D eigenvalue weighted by Crippen LogP contribution is -2.25. The van der Waals surface area contributed by atoms with Gasteiger partial charge in [-0.05, 0) is 43.7 Å². The average Bonchev–Trinajstić information content (AvgIpc) is 2.49. The fraction of sp³-hybridized carbons (Fsp3) is 0.529. The van der Waals surface area contributed by atoms with Gasteiger partial charge in [0.2, 0.25) is 0 Å². The highest BCUT2D eigenvalue weighted by molar-refractivity contribution is 7.98. The second kappa shape index (κ2) is 10.3. The second-order valence-corrected chi connectivity index (χ2v) is 6.23. The van der Waals surface area contributed by atoms with Crippen LogP contribution in [0.4, 0.5) is 0 Å². The number of carboxylic acid groups (broad SMARTS) is 1. The summed E-state index contributed by atoms with van der Waals surface area (Å²) >= 11 is 1.63. The van der Waals surface area contributed by atoms with E-state index in [1.807, 2.05) is 31.4 Å². The molecule has 1 rings (SSSR count). The molecule has 0 fully saturated rings. The quantitative estimate of drug-likeness (QED) is 0.507. The molecule has 5 heteroatoms. The minimum absolute atomic E-state index is 0.0146. The van der Waals surface area contributed by atoms with E-state index in [0.29, 0.717) is 6.54 Å². The Kier molecular flexibility index (Phi) is 8.67.